The van der Waals surface area contributed by atoms with Crippen LogP contribution in [0.2, 0.25) is 5.02 Å². The predicted octanol–water partition coefficient (Wildman–Crippen LogP) is 5.51. The van der Waals surface area contributed by atoms with Gasteiger partial charge in [-0.1, -0.05) is 33.6 Å². The van der Waals surface area contributed by atoms with Gasteiger partial charge in [-0.2, -0.15) is 5.26 Å². The van der Waals surface area contributed by atoms with Gasteiger partial charge in [-0.25, -0.2) is 0 Å². The summed E-state index contributed by atoms with van der Waals surface area (Å²) in [5, 5.41) is 24.9. The largest absolute Gasteiger partial charge is 0.598 e. The molecule has 2 aromatic rings. The van der Waals surface area contributed by atoms with Gasteiger partial charge in [0.25, 0.3) is 5.69 Å². The van der Waals surface area contributed by atoms with Gasteiger partial charge in [-0.3, -0.25) is 10.1 Å². The first kappa shape index (κ1) is 26.2. The summed E-state index contributed by atoms with van der Waals surface area (Å²) in [6, 6.07) is 10.3. The number of anilines is 1. The number of nitriles is 1. The van der Waals surface area contributed by atoms with E-state index in [9.17, 15) is 19.9 Å². The molecule has 3 atom stereocenters. The van der Waals surface area contributed by atoms with Crippen molar-refractivity contribution in [2.24, 2.45) is 0 Å². The normalized spacial score (nSPS) is 14.2. The van der Waals surface area contributed by atoms with E-state index in [2.05, 4.69) is 32.0 Å². The molecule has 0 aliphatic heterocycles. The second-order valence-corrected chi connectivity index (χ2v) is 11.1. The first-order valence-corrected chi connectivity index (χ1v) is 11.9. The third kappa shape index (κ3) is 6.73. The van der Waals surface area contributed by atoms with E-state index in [1.807, 2.05) is 0 Å². The van der Waals surface area contributed by atoms with Crippen LogP contribution in [0.3, 0.4) is 0 Å². The van der Waals surface area contributed by atoms with Crippen molar-refractivity contribution in [1.29, 1.82) is 5.26 Å². The number of nitro benzene ring substituents is 1. The summed E-state index contributed by atoms with van der Waals surface area (Å²) in [7, 11) is 1.46. The highest BCUT2D eigenvalue weighted by molar-refractivity contribution is 9.10. The average molecular weight is 544 g/mol. The summed E-state index contributed by atoms with van der Waals surface area (Å²) >= 11 is 8.46. The van der Waals surface area contributed by atoms with Gasteiger partial charge in [0.1, 0.15) is 22.2 Å². The van der Waals surface area contributed by atoms with Gasteiger partial charge in [0, 0.05) is 45.0 Å². The molecule has 8 nitrogen and oxygen atoms in total. The van der Waals surface area contributed by atoms with Crippen molar-refractivity contribution >= 4 is 50.3 Å². The zero-order chi connectivity index (χ0) is 24.1. The van der Waals surface area contributed by atoms with Crippen molar-refractivity contribution < 1.29 is 14.2 Å². The minimum absolute atomic E-state index is 0.134. The third-order valence-corrected chi connectivity index (χ3v) is 7.14. The Labute approximate surface area is 203 Å². The lowest BCUT2D eigenvalue weighted by Gasteiger charge is -2.28. The van der Waals surface area contributed by atoms with Crippen LogP contribution in [0.5, 0.6) is 5.75 Å². The molecular weight excluding hydrogens is 520 g/mol. The maximum absolute atomic E-state index is 12.6. The van der Waals surface area contributed by atoms with Gasteiger partial charge in [-0.05, 0) is 39.0 Å². The van der Waals surface area contributed by atoms with E-state index in [-0.39, 0.29) is 17.8 Å². The van der Waals surface area contributed by atoms with E-state index >= 15 is 0 Å². The van der Waals surface area contributed by atoms with Crippen molar-refractivity contribution in [2.45, 2.75) is 44.0 Å². The average Bonchev–Trinajstić information content (AvgIpc) is 2.71. The topological polar surface area (TPSA) is 123 Å². The van der Waals surface area contributed by atoms with E-state index in [1.54, 1.807) is 39.0 Å². The molecule has 0 bridgehead atoms. The van der Waals surface area contributed by atoms with Gasteiger partial charge < -0.3 is 14.6 Å². The number of halogens is 2. The summed E-state index contributed by atoms with van der Waals surface area (Å²) < 4.78 is 20.7. The number of methoxy groups -OCH3 is 1. The van der Waals surface area contributed by atoms with Crippen molar-refractivity contribution in [3.8, 4) is 11.8 Å². The molecular formula is C21H24BrClN4O4S. The van der Waals surface area contributed by atoms with Crippen LogP contribution < -0.4 is 14.8 Å². The molecule has 2 unspecified atom stereocenters. The molecule has 0 aliphatic carbocycles. The number of rotatable bonds is 9. The summed E-state index contributed by atoms with van der Waals surface area (Å²) in [6.07, 6.45) is 0.134. The molecule has 32 heavy (non-hydrogen) atoms. The SMILES string of the molecule is COc1ccc([N+](=O)[O-])c(N[C@H](CC(C#N)N[S+]([O-])C(C)(C)C)c2c(Cl)cccc2Br)c1. The van der Waals surface area contributed by atoms with E-state index in [0.717, 1.165) is 0 Å². The van der Waals surface area contributed by atoms with Gasteiger partial charge >= 0.3 is 0 Å². The molecule has 0 amide bonds. The quantitative estimate of drug-likeness (QED) is 0.243. The van der Waals surface area contributed by atoms with Crippen molar-refractivity contribution in [3.05, 3.63) is 61.6 Å². The molecule has 0 aromatic heterocycles. The number of nitrogens with zero attached hydrogens (tertiary/aromatic N) is 2. The van der Waals surface area contributed by atoms with E-state index in [4.69, 9.17) is 16.3 Å². The van der Waals surface area contributed by atoms with Crippen molar-refractivity contribution in [1.82, 2.24) is 4.72 Å². The highest BCUT2D eigenvalue weighted by Crippen LogP contribution is 2.38. The first-order valence-electron chi connectivity index (χ1n) is 9.58. The number of ether oxygens (including phenoxy) is 1. The second kappa shape index (κ2) is 11.2. The molecule has 0 spiro atoms. The number of nitro groups is 1. The Kier molecular flexibility index (Phi) is 9.18. The van der Waals surface area contributed by atoms with Crippen molar-refractivity contribution in [3.63, 3.8) is 0 Å². The Hall–Kier alpha value is -2.03. The van der Waals surface area contributed by atoms with Gasteiger partial charge in [0.15, 0.2) is 0 Å². The Morgan fingerprint density at radius 1 is 1.34 bits per heavy atom. The summed E-state index contributed by atoms with van der Waals surface area (Å²) in [5.74, 6) is 0.430. The Bertz CT molecular complexity index is 992. The monoisotopic (exact) mass is 542 g/mol. The highest BCUT2D eigenvalue weighted by atomic mass is 79.9. The summed E-state index contributed by atoms with van der Waals surface area (Å²) in [4.78, 5) is 11.1. The maximum Gasteiger partial charge on any atom is 0.292 e. The minimum Gasteiger partial charge on any atom is -0.598 e. The molecule has 0 saturated carbocycles. The fourth-order valence-corrected chi connectivity index (χ4v) is 4.69. The van der Waals surface area contributed by atoms with Crippen LogP contribution in [-0.2, 0) is 11.4 Å². The number of nitrogens with one attached hydrogen (secondary N) is 2. The smallest absolute Gasteiger partial charge is 0.292 e. The lowest BCUT2D eigenvalue weighted by molar-refractivity contribution is -0.384. The van der Waals surface area contributed by atoms with Crippen LogP contribution in [-0.4, -0.2) is 27.4 Å². The van der Waals surface area contributed by atoms with Gasteiger partial charge in [0.05, 0.1) is 24.1 Å². The Balaban J connectivity index is 2.49. The number of benzene rings is 2. The van der Waals surface area contributed by atoms with Crippen LogP contribution >= 0.6 is 27.5 Å². The zero-order valence-corrected chi connectivity index (χ0v) is 21.2. The molecule has 2 N–H and O–H groups in total. The molecule has 0 fully saturated rings. The molecule has 0 saturated heterocycles. The molecule has 2 aromatic carbocycles. The molecule has 0 heterocycles. The predicted molar refractivity (Wildman–Crippen MR) is 130 cm³/mol. The van der Waals surface area contributed by atoms with Gasteiger partial charge in [0.2, 0.25) is 0 Å². The van der Waals surface area contributed by atoms with E-state index in [1.165, 1.54) is 25.3 Å². The fourth-order valence-electron chi connectivity index (χ4n) is 2.87. The highest BCUT2D eigenvalue weighted by Gasteiger charge is 2.32. The molecule has 2 rings (SSSR count). The standard InChI is InChI=1S/C21H24BrClN4O4S/c1-21(2,3)32(30)26-13(12-24)10-18(20-15(22)6-5-7-16(20)23)25-17-11-14(31-4)8-9-19(17)27(28)29/h5-9,11,13,18,25-26H,10H2,1-4H3/t13?,18-,32?/m1/s1. The third-order valence-electron chi connectivity index (χ3n) is 4.51. The Morgan fingerprint density at radius 3 is 2.56 bits per heavy atom. The number of hydrogen-bond acceptors (Lipinski definition) is 7. The summed E-state index contributed by atoms with van der Waals surface area (Å²) in [5.41, 5.74) is 0.674. The lowest BCUT2D eigenvalue weighted by Crippen LogP contribution is -2.45. The molecule has 0 aliphatic rings. The summed E-state index contributed by atoms with van der Waals surface area (Å²) in [6.45, 7) is 5.39. The van der Waals surface area contributed by atoms with E-state index in [0.29, 0.717) is 20.8 Å². The first-order chi connectivity index (χ1) is 15.0. The van der Waals surface area contributed by atoms with Crippen molar-refractivity contribution in [2.75, 3.05) is 12.4 Å². The Morgan fingerprint density at radius 2 is 2.03 bits per heavy atom. The van der Waals surface area contributed by atoms with E-state index < -0.39 is 33.1 Å². The minimum atomic E-state index is -1.49. The lowest BCUT2D eigenvalue weighted by atomic mass is 9.99. The van der Waals surface area contributed by atoms with Crippen LogP contribution in [0.25, 0.3) is 0 Å². The molecule has 172 valence electrons. The van der Waals surface area contributed by atoms with Crippen LogP contribution in [0, 0.1) is 21.4 Å². The number of hydrogen-bond donors (Lipinski definition) is 2. The molecule has 11 heteroatoms. The molecule has 0 radical (unpaired) electrons. The zero-order valence-electron chi connectivity index (χ0n) is 18.0. The maximum atomic E-state index is 12.6. The van der Waals surface area contributed by atoms with Crippen LogP contribution in [0.1, 0.15) is 38.8 Å². The van der Waals surface area contributed by atoms with Crippen LogP contribution in [0.4, 0.5) is 11.4 Å². The fraction of sp³-hybridized carbons (Fsp3) is 0.381. The van der Waals surface area contributed by atoms with Gasteiger partial charge in [-0.15, -0.1) is 4.72 Å². The van der Waals surface area contributed by atoms with Crippen LogP contribution in [0.15, 0.2) is 40.9 Å². The second-order valence-electron chi connectivity index (χ2n) is 7.89.